The van der Waals surface area contributed by atoms with Gasteiger partial charge in [-0.2, -0.15) is 9.78 Å². The number of nitrogens with zero attached hydrogens (tertiary/aromatic N) is 3. The van der Waals surface area contributed by atoms with E-state index >= 15 is 0 Å². The summed E-state index contributed by atoms with van der Waals surface area (Å²) in [6.07, 6.45) is 3.30. The molecule has 0 aromatic carbocycles. The highest BCUT2D eigenvalue weighted by molar-refractivity contribution is 6.30. The van der Waals surface area contributed by atoms with E-state index in [1.807, 2.05) is 0 Å². The van der Waals surface area contributed by atoms with Gasteiger partial charge in [-0.15, -0.1) is 0 Å². The first-order chi connectivity index (χ1) is 9.56. The molecule has 0 radical (unpaired) electrons. The molecule has 0 spiro atoms. The van der Waals surface area contributed by atoms with Gasteiger partial charge in [-0.1, -0.05) is 11.6 Å². The second kappa shape index (κ2) is 4.72. The first kappa shape index (κ1) is 12.8. The van der Waals surface area contributed by atoms with Crippen molar-refractivity contribution in [1.82, 2.24) is 14.8 Å². The average molecular weight is 292 g/mol. The van der Waals surface area contributed by atoms with Gasteiger partial charge in [0.15, 0.2) is 5.82 Å². The molecule has 0 unspecified atom stereocenters. The maximum Gasteiger partial charge on any atom is 0.341 e. The van der Waals surface area contributed by atoms with Crippen LogP contribution in [0.15, 0.2) is 29.2 Å². The zero-order chi connectivity index (χ0) is 14.3. The van der Waals surface area contributed by atoms with Crippen LogP contribution < -0.4 is 5.56 Å². The fourth-order valence-corrected chi connectivity index (χ4v) is 2.01. The lowest BCUT2D eigenvalue weighted by Crippen LogP contribution is -2.28. The Labute approximate surface area is 118 Å². The summed E-state index contributed by atoms with van der Waals surface area (Å²) in [5.74, 6) is -0.779. The minimum atomic E-state index is -1.26. The summed E-state index contributed by atoms with van der Waals surface area (Å²) in [5, 5.41) is 13.8. The number of carbonyl (C=O) groups is 1. The van der Waals surface area contributed by atoms with Crippen LogP contribution in [0.2, 0.25) is 5.02 Å². The number of aromatic carboxylic acids is 1. The van der Waals surface area contributed by atoms with Crippen LogP contribution in [0.3, 0.4) is 0 Å². The molecule has 1 aliphatic rings. The molecule has 2 aromatic heterocycles. The minimum Gasteiger partial charge on any atom is -0.477 e. The van der Waals surface area contributed by atoms with Crippen LogP contribution in [0, 0.1) is 0 Å². The van der Waals surface area contributed by atoms with Crippen molar-refractivity contribution < 1.29 is 9.90 Å². The zero-order valence-corrected chi connectivity index (χ0v) is 11.0. The smallest absolute Gasteiger partial charge is 0.341 e. The van der Waals surface area contributed by atoms with Crippen LogP contribution >= 0.6 is 11.6 Å². The lowest BCUT2D eigenvalue weighted by Gasteiger charge is -2.07. The number of rotatable bonds is 3. The third-order valence-electron chi connectivity index (χ3n) is 3.09. The van der Waals surface area contributed by atoms with E-state index in [0.717, 1.165) is 17.5 Å². The van der Waals surface area contributed by atoms with Crippen molar-refractivity contribution in [2.75, 3.05) is 0 Å². The Morgan fingerprint density at radius 1 is 1.40 bits per heavy atom. The number of hydrogen-bond acceptors (Lipinski definition) is 4. The summed E-state index contributed by atoms with van der Waals surface area (Å²) in [7, 11) is 0. The molecule has 1 aliphatic carbocycles. The normalized spacial score (nSPS) is 14.2. The number of hydrogen-bond donors (Lipinski definition) is 1. The second-order valence-corrected chi connectivity index (χ2v) is 5.05. The van der Waals surface area contributed by atoms with Gasteiger partial charge in [0.05, 0.1) is 10.7 Å². The van der Waals surface area contributed by atoms with E-state index in [4.69, 9.17) is 16.7 Å². The van der Waals surface area contributed by atoms with Crippen molar-refractivity contribution in [2.24, 2.45) is 0 Å². The van der Waals surface area contributed by atoms with Gasteiger partial charge in [-0.05, 0) is 31.0 Å². The molecule has 0 bridgehead atoms. The summed E-state index contributed by atoms with van der Waals surface area (Å²) >= 11 is 5.75. The molecule has 20 heavy (non-hydrogen) atoms. The van der Waals surface area contributed by atoms with Crippen LogP contribution in [0.4, 0.5) is 0 Å². The minimum absolute atomic E-state index is 0.229. The third-order valence-corrected chi connectivity index (χ3v) is 3.31. The molecule has 0 atom stereocenters. The monoisotopic (exact) mass is 291 g/mol. The van der Waals surface area contributed by atoms with Crippen LogP contribution in [0.5, 0.6) is 0 Å². The van der Waals surface area contributed by atoms with Crippen LogP contribution in [0.1, 0.15) is 34.8 Å². The lowest BCUT2D eigenvalue weighted by molar-refractivity contribution is 0.0694. The van der Waals surface area contributed by atoms with E-state index in [9.17, 15) is 9.59 Å². The fraction of sp³-hybridized carbons (Fsp3) is 0.231. The maximum atomic E-state index is 12.1. The molecule has 2 heterocycles. The van der Waals surface area contributed by atoms with Gasteiger partial charge in [-0.25, -0.2) is 9.78 Å². The van der Waals surface area contributed by atoms with E-state index in [0.29, 0.717) is 10.7 Å². The Bertz CT molecular complexity index is 736. The Morgan fingerprint density at radius 2 is 2.15 bits per heavy atom. The SMILES string of the molecule is O=C(O)c1cc(C2CC2)nn(-c2ccc(Cl)cn2)c1=O. The van der Waals surface area contributed by atoms with Gasteiger partial charge in [0.2, 0.25) is 0 Å². The van der Waals surface area contributed by atoms with E-state index in [1.165, 1.54) is 18.3 Å². The number of carboxylic acids is 1. The highest BCUT2D eigenvalue weighted by Crippen LogP contribution is 2.38. The van der Waals surface area contributed by atoms with Crippen LogP contribution in [-0.2, 0) is 0 Å². The first-order valence-electron chi connectivity index (χ1n) is 6.06. The highest BCUT2D eigenvalue weighted by atomic mass is 35.5. The summed E-state index contributed by atoms with van der Waals surface area (Å²) in [6, 6.07) is 4.45. The van der Waals surface area contributed by atoms with Crippen molar-refractivity contribution >= 4 is 17.6 Å². The van der Waals surface area contributed by atoms with E-state index < -0.39 is 11.5 Å². The number of carboxylic acid groups (broad SMARTS) is 1. The average Bonchev–Trinajstić information content (AvgIpc) is 3.24. The van der Waals surface area contributed by atoms with Gasteiger partial charge in [0.1, 0.15) is 5.56 Å². The van der Waals surface area contributed by atoms with Crippen LogP contribution in [-0.4, -0.2) is 25.8 Å². The van der Waals surface area contributed by atoms with Crippen LogP contribution in [0.25, 0.3) is 5.82 Å². The van der Waals surface area contributed by atoms with Gasteiger partial charge < -0.3 is 5.11 Å². The van der Waals surface area contributed by atoms with E-state index in [1.54, 1.807) is 6.07 Å². The van der Waals surface area contributed by atoms with Crippen molar-refractivity contribution in [3.8, 4) is 5.82 Å². The Kier molecular flexibility index (Phi) is 3.02. The first-order valence-corrected chi connectivity index (χ1v) is 6.43. The topological polar surface area (TPSA) is 85.1 Å². The molecule has 102 valence electrons. The molecule has 0 amide bonds. The zero-order valence-electron chi connectivity index (χ0n) is 10.3. The molecule has 0 aliphatic heterocycles. The number of pyridine rings is 1. The fourth-order valence-electron chi connectivity index (χ4n) is 1.89. The van der Waals surface area contributed by atoms with Crippen molar-refractivity contribution in [2.45, 2.75) is 18.8 Å². The molecule has 0 saturated heterocycles. The van der Waals surface area contributed by atoms with Crippen molar-refractivity contribution in [3.05, 3.63) is 51.0 Å². The molecule has 1 saturated carbocycles. The maximum absolute atomic E-state index is 12.1. The highest BCUT2D eigenvalue weighted by Gasteiger charge is 2.28. The van der Waals surface area contributed by atoms with Gasteiger partial charge >= 0.3 is 5.97 Å². The summed E-state index contributed by atoms with van der Waals surface area (Å²) < 4.78 is 1.02. The van der Waals surface area contributed by atoms with Gasteiger partial charge in [0, 0.05) is 12.1 Å². The predicted molar refractivity (Wildman–Crippen MR) is 71.6 cm³/mol. The molecule has 7 heteroatoms. The van der Waals surface area contributed by atoms with Crippen molar-refractivity contribution in [1.29, 1.82) is 0 Å². The standard InChI is InChI=1S/C13H10ClN3O3/c14-8-3-4-11(15-6-8)17-12(18)9(13(19)20)5-10(16-17)7-1-2-7/h3-7H,1-2H2,(H,19,20). The Balaban J connectivity index is 2.20. The van der Waals surface area contributed by atoms with E-state index in [2.05, 4.69) is 10.1 Å². The molecule has 6 nitrogen and oxygen atoms in total. The van der Waals surface area contributed by atoms with E-state index in [-0.39, 0.29) is 17.3 Å². The summed E-state index contributed by atoms with van der Waals surface area (Å²) in [5.41, 5.74) is -0.380. The quantitative estimate of drug-likeness (QED) is 0.933. The van der Waals surface area contributed by atoms with Gasteiger partial charge in [0.25, 0.3) is 5.56 Å². The molecular weight excluding hydrogens is 282 g/mol. The van der Waals surface area contributed by atoms with Crippen molar-refractivity contribution in [3.63, 3.8) is 0 Å². The molecule has 3 rings (SSSR count). The number of aromatic nitrogens is 3. The third kappa shape index (κ3) is 2.30. The molecule has 2 aromatic rings. The summed E-state index contributed by atoms with van der Waals surface area (Å²) in [4.78, 5) is 27.3. The van der Waals surface area contributed by atoms with Gasteiger partial charge in [-0.3, -0.25) is 4.79 Å². The Morgan fingerprint density at radius 3 is 2.70 bits per heavy atom. The largest absolute Gasteiger partial charge is 0.477 e. The Hall–Kier alpha value is -2.21. The molecular formula is C13H10ClN3O3. The number of halogens is 1. The predicted octanol–water partition coefficient (Wildman–Crippen LogP) is 1.86. The lowest BCUT2D eigenvalue weighted by atomic mass is 10.2. The molecule has 1 N–H and O–H groups in total. The second-order valence-electron chi connectivity index (χ2n) is 4.61. The molecule has 1 fully saturated rings. The summed E-state index contributed by atoms with van der Waals surface area (Å²) in [6.45, 7) is 0.